The third-order valence-corrected chi connectivity index (χ3v) is 4.66. The van der Waals surface area contributed by atoms with Crippen molar-refractivity contribution in [3.05, 3.63) is 43.7 Å². The first-order valence-corrected chi connectivity index (χ1v) is 10.7. The predicted molar refractivity (Wildman–Crippen MR) is 116 cm³/mol. The van der Waals surface area contributed by atoms with E-state index in [1.807, 2.05) is 61.1 Å². The van der Waals surface area contributed by atoms with Crippen LogP contribution in [-0.4, -0.2) is 37.2 Å². The van der Waals surface area contributed by atoms with Crippen molar-refractivity contribution >= 4 is 29.5 Å². The van der Waals surface area contributed by atoms with Crippen molar-refractivity contribution < 1.29 is 28.4 Å². The van der Waals surface area contributed by atoms with Crippen LogP contribution in [0.25, 0.3) is 0 Å². The summed E-state index contributed by atoms with van der Waals surface area (Å²) in [5, 5.41) is 0. The molecule has 27 heavy (non-hydrogen) atoms. The van der Waals surface area contributed by atoms with Gasteiger partial charge in [0.1, 0.15) is 0 Å². The molecule has 0 unspecified atom stereocenters. The Kier molecular flexibility index (Phi) is 19.7. The average Bonchev–Trinajstić information content (AvgIpc) is 2.66. The molecule has 1 aromatic carbocycles. The van der Waals surface area contributed by atoms with Gasteiger partial charge in [-0.2, -0.15) is 18.2 Å². The molecule has 0 aliphatic rings. The molecule has 0 fully saturated rings. The zero-order valence-electron chi connectivity index (χ0n) is 17.6. The van der Waals surface area contributed by atoms with Gasteiger partial charge in [-0.1, -0.05) is 33.1 Å². The van der Waals surface area contributed by atoms with Gasteiger partial charge in [0.05, 0.1) is 0 Å². The van der Waals surface area contributed by atoms with E-state index in [4.69, 9.17) is 0 Å². The average molecular weight is 384 g/mol. The van der Waals surface area contributed by atoms with E-state index < -0.39 is 0 Å². The van der Waals surface area contributed by atoms with Crippen LogP contribution < -0.4 is 23.8 Å². The van der Waals surface area contributed by atoms with Gasteiger partial charge < -0.3 is 23.5 Å². The Labute approximate surface area is 183 Å². The molecule has 0 heterocycles. The van der Waals surface area contributed by atoms with Crippen molar-refractivity contribution in [2.75, 3.05) is 30.0 Å². The first-order chi connectivity index (χ1) is 12.5. The maximum Gasteiger partial charge on any atom is 1.00 e. The molecule has 0 aliphatic carbocycles. The van der Waals surface area contributed by atoms with E-state index in [1.165, 1.54) is 25.0 Å². The number of nitrogens with zero attached hydrogens (tertiary/aromatic N) is 1. The molecule has 0 amide bonds. The topological polar surface area (TPSA) is 37.4 Å². The Balaban J connectivity index is 0. The SMILES string of the molecule is CSCCCCCC[C-]=O.[CH2-]CN(C[CH2-])c1ccc(C(=O)C(C)C)cc1.[Li+]. The molecule has 0 spiro atoms. The van der Waals surface area contributed by atoms with Gasteiger partial charge >= 0.3 is 18.9 Å². The van der Waals surface area contributed by atoms with Crippen molar-refractivity contribution in [3.63, 3.8) is 0 Å². The van der Waals surface area contributed by atoms with Crippen LogP contribution in [0, 0.1) is 19.8 Å². The van der Waals surface area contributed by atoms with E-state index in [1.54, 1.807) is 0 Å². The number of carbonyl (C=O) groups is 1. The summed E-state index contributed by atoms with van der Waals surface area (Å²) in [4.78, 5) is 23.5. The van der Waals surface area contributed by atoms with Crippen LogP contribution >= 0.6 is 11.8 Å². The minimum absolute atomic E-state index is 0. The van der Waals surface area contributed by atoms with Gasteiger partial charge in [0.2, 0.25) is 0 Å². The zero-order chi connectivity index (χ0) is 19.8. The molecule has 0 saturated heterocycles. The molecule has 0 aromatic heterocycles. The first kappa shape index (κ1) is 28.5. The largest absolute Gasteiger partial charge is 1.00 e. The normalized spacial score (nSPS) is 9.85. The fraction of sp³-hybridized carbons (Fsp3) is 0.545. The molecule has 148 valence electrons. The molecule has 0 aliphatic heterocycles. The number of hydrogen-bond donors (Lipinski definition) is 0. The summed E-state index contributed by atoms with van der Waals surface area (Å²) in [6.07, 6.45) is 9.43. The van der Waals surface area contributed by atoms with Crippen LogP contribution in [0.1, 0.15) is 56.3 Å². The van der Waals surface area contributed by atoms with Gasteiger partial charge in [-0.15, -0.1) is 13.1 Å². The number of thioether (sulfide) groups is 1. The number of ketones is 1. The van der Waals surface area contributed by atoms with Gasteiger partial charge in [0, 0.05) is 17.2 Å². The van der Waals surface area contributed by atoms with Gasteiger partial charge in [0.15, 0.2) is 5.78 Å². The van der Waals surface area contributed by atoms with E-state index in [0.717, 1.165) is 17.7 Å². The second kappa shape index (κ2) is 18.7. The van der Waals surface area contributed by atoms with Crippen molar-refractivity contribution in [2.24, 2.45) is 5.92 Å². The van der Waals surface area contributed by atoms with Crippen LogP contribution in [0.15, 0.2) is 24.3 Å². The third kappa shape index (κ3) is 13.2. The van der Waals surface area contributed by atoms with E-state index in [2.05, 4.69) is 20.1 Å². The maximum atomic E-state index is 11.7. The smallest absolute Gasteiger partial charge is 0.542 e. The Morgan fingerprint density at radius 2 is 1.63 bits per heavy atom. The number of hydrogen-bond acceptors (Lipinski definition) is 4. The van der Waals surface area contributed by atoms with Gasteiger partial charge in [-0.05, 0) is 42.7 Å². The monoisotopic (exact) mass is 383 g/mol. The minimum Gasteiger partial charge on any atom is -0.542 e. The quantitative estimate of drug-likeness (QED) is 0.240. The number of carbonyl (C=O) groups excluding carboxylic acids is 2. The van der Waals surface area contributed by atoms with E-state index in [0.29, 0.717) is 19.5 Å². The molecule has 0 saturated carbocycles. The molecule has 0 N–H and O–H groups in total. The summed E-state index contributed by atoms with van der Waals surface area (Å²) < 4.78 is 0. The minimum atomic E-state index is 0. The molecular weight excluding hydrogens is 349 g/mol. The van der Waals surface area contributed by atoms with Crippen LogP contribution in [0.5, 0.6) is 0 Å². The number of Topliss-reactive ketones (excluding diaryl/α,β-unsaturated/α-hetero) is 1. The van der Waals surface area contributed by atoms with Crippen molar-refractivity contribution in [2.45, 2.75) is 46.0 Å². The Morgan fingerprint density at radius 1 is 1.07 bits per heavy atom. The second-order valence-electron chi connectivity index (χ2n) is 6.35. The van der Waals surface area contributed by atoms with Crippen LogP contribution in [0.4, 0.5) is 5.69 Å². The molecule has 3 nitrogen and oxygen atoms in total. The Morgan fingerprint density at radius 3 is 2.07 bits per heavy atom. The fourth-order valence-corrected chi connectivity index (χ4v) is 2.83. The zero-order valence-corrected chi connectivity index (χ0v) is 18.4. The molecular formula is C22H34LiNO2S-2. The molecule has 1 aromatic rings. The van der Waals surface area contributed by atoms with Crippen molar-refractivity contribution in [1.82, 2.24) is 0 Å². The summed E-state index contributed by atoms with van der Waals surface area (Å²) in [5.41, 5.74) is 1.83. The van der Waals surface area contributed by atoms with Gasteiger partial charge in [-0.25, -0.2) is 0 Å². The Bertz CT molecular complexity index is 488. The number of rotatable bonds is 12. The third-order valence-electron chi connectivity index (χ3n) is 3.96. The maximum absolute atomic E-state index is 11.7. The van der Waals surface area contributed by atoms with E-state index in [-0.39, 0.29) is 30.6 Å². The molecule has 5 heteroatoms. The van der Waals surface area contributed by atoms with E-state index in [9.17, 15) is 9.59 Å². The van der Waals surface area contributed by atoms with E-state index >= 15 is 0 Å². The fourth-order valence-electron chi connectivity index (χ4n) is 2.34. The predicted octanol–water partition coefficient (Wildman–Crippen LogP) is 2.41. The van der Waals surface area contributed by atoms with Crippen molar-refractivity contribution in [1.29, 1.82) is 0 Å². The molecule has 0 radical (unpaired) electrons. The molecule has 1 rings (SSSR count). The van der Waals surface area contributed by atoms with Crippen molar-refractivity contribution in [3.8, 4) is 0 Å². The Hall–Kier alpha value is -0.693. The standard InChI is InChI=1S/C14H19NO.C8H15OS.Li/c1-5-15(6-2)13-9-7-12(8-10-13)14(16)11(3)4;1-10-8-6-4-2-3-5-7-9;/h7-11H,1-2,5-6H2,3-4H3;2-6,8H2,1H3;/q-2;-1;+1. The van der Waals surface area contributed by atoms with Crippen LogP contribution in [-0.2, 0) is 4.79 Å². The van der Waals surface area contributed by atoms with Gasteiger partial charge in [0.25, 0.3) is 0 Å². The summed E-state index contributed by atoms with van der Waals surface area (Å²) in [5.74, 6) is 1.48. The number of unbranched alkanes of at least 4 members (excludes halogenated alkanes) is 4. The summed E-state index contributed by atoms with van der Waals surface area (Å²) in [6.45, 7) is 12.9. The summed E-state index contributed by atoms with van der Waals surface area (Å²) >= 11 is 1.89. The summed E-state index contributed by atoms with van der Waals surface area (Å²) in [7, 11) is 0. The number of benzene rings is 1. The van der Waals surface area contributed by atoms with Gasteiger partial charge in [-0.3, -0.25) is 11.1 Å². The molecule has 0 atom stereocenters. The van der Waals surface area contributed by atoms with Crippen LogP contribution in [0.2, 0.25) is 0 Å². The first-order valence-electron chi connectivity index (χ1n) is 9.33. The summed E-state index contributed by atoms with van der Waals surface area (Å²) in [6, 6.07) is 7.64. The second-order valence-corrected chi connectivity index (χ2v) is 7.34. The van der Waals surface area contributed by atoms with Crippen LogP contribution in [0.3, 0.4) is 0 Å². The molecule has 0 bridgehead atoms. The number of anilines is 1.